The van der Waals surface area contributed by atoms with Gasteiger partial charge >= 0.3 is 0 Å². The van der Waals surface area contributed by atoms with Gasteiger partial charge in [0.15, 0.2) is 0 Å². The van der Waals surface area contributed by atoms with Crippen LogP contribution in [0.1, 0.15) is 38.3 Å². The highest BCUT2D eigenvalue weighted by molar-refractivity contribution is 6.31. The van der Waals surface area contributed by atoms with E-state index in [4.69, 9.17) is 11.6 Å². The zero-order valence-electron chi connectivity index (χ0n) is 10.1. The van der Waals surface area contributed by atoms with Crippen molar-refractivity contribution in [1.29, 1.82) is 0 Å². The van der Waals surface area contributed by atoms with Gasteiger partial charge < -0.3 is 0 Å². The molecule has 1 aliphatic heterocycles. The Morgan fingerprint density at radius 2 is 1.88 bits per heavy atom. The van der Waals surface area contributed by atoms with Crippen molar-refractivity contribution in [2.45, 2.75) is 32.7 Å². The van der Waals surface area contributed by atoms with E-state index in [2.05, 4.69) is 30.9 Å². The van der Waals surface area contributed by atoms with E-state index < -0.39 is 0 Å². The molecule has 1 saturated heterocycles. The zero-order valence-corrected chi connectivity index (χ0v) is 10.9. The van der Waals surface area contributed by atoms with Crippen LogP contribution in [0.25, 0.3) is 0 Å². The lowest BCUT2D eigenvalue weighted by Crippen LogP contribution is -2.35. The van der Waals surface area contributed by atoms with Crippen LogP contribution in [-0.4, -0.2) is 18.0 Å². The maximum absolute atomic E-state index is 6.24. The molecule has 2 heteroatoms. The number of piperidine rings is 1. The van der Waals surface area contributed by atoms with Gasteiger partial charge in [-0.15, -0.1) is 0 Å². The number of likely N-dealkylation sites (tertiary alicyclic amines) is 1. The lowest BCUT2D eigenvalue weighted by atomic mass is 9.96. The van der Waals surface area contributed by atoms with Crippen LogP contribution in [0, 0.1) is 5.92 Å². The molecule has 0 aromatic heterocycles. The van der Waals surface area contributed by atoms with Crippen LogP contribution < -0.4 is 0 Å². The summed E-state index contributed by atoms with van der Waals surface area (Å²) in [7, 11) is 0. The molecular formula is C14H20ClN. The normalized spacial score (nSPS) is 20.9. The Balaban J connectivity index is 2.07. The van der Waals surface area contributed by atoms with Crippen LogP contribution in [0.3, 0.4) is 0 Å². The first-order chi connectivity index (χ1) is 7.68. The zero-order chi connectivity index (χ0) is 11.5. The van der Waals surface area contributed by atoms with Crippen LogP contribution in [-0.2, 0) is 0 Å². The molecule has 0 saturated carbocycles. The van der Waals surface area contributed by atoms with Gasteiger partial charge in [0.05, 0.1) is 0 Å². The summed E-state index contributed by atoms with van der Waals surface area (Å²) in [5, 5.41) is 0.897. The Morgan fingerprint density at radius 3 is 2.50 bits per heavy atom. The Labute approximate surface area is 103 Å². The first-order valence-corrected chi connectivity index (χ1v) is 6.54. The molecule has 1 atom stereocenters. The van der Waals surface area contributed by atoms with E-state index in [-0.39, 0.29) is 0 Å². The molecule has 0 N–H and O–H groups in total. The molecule has 1 unspecified atom stereocenters. The number of hydrogen-bond acceptors (Lipinski definition) is 1. The topological polar surface area (TPSA) is 3.24 Å². The third kappa shape index (κ3) is 2.58. The summed E-state index contributed by atoms with van der Waals surface area (Å²) in [6.07, 6.45) is 2.63. The number of hydrogen-bond donors (Lipinski definition) is 0. The van der Waals surface area contributed by atoms with E-state index in [1.165, 1.54) is 31.5 Å². The van der Waals surface area contributed by atoms with Crippen molar-refractivity contribution in [3.05, 3.63) is 34.9 Å². The smallest absolute Gasteiger partial charge is 0.0453 e. The van der Waals surface area contributed by atoms with Gasteiger partial charge in [-0.3, -0.25) is 4.90 Å². The summed E-state index contributed by atoms with van der Waals surface area (Å²) in [4.78, 5) is 2.54. The van der Waals surface area contributed by atoms with Crippen LogP contribution in [0.15, 0.2) is 24.3 Å². The van der Waals surface area contributed by atoms with E-state index >= 15 is 0 Å². The average Bonchev–Trinajstić information content (AvgIpc) is 2.30. The van der Waals surface area contributed by atoms with E-state index in [1.807, 2.05) is 12.1 Å². The van der Waals surface area contributed by atoms with Crippen LogP contribution in [0.2, 0.25) is 5.02 Å². The van der Waals surface area contributed by atoms with Gasteiger partial charge in [-0.05, 0) is 50.4 Å². The lowest BCUT2D eigenvalue weighted by molar-refractivity contribution is 0.147. The summed E-state index contributed by atoms with van der Waals surface area (Å²) < 4.78 is 0. The number of halogens is 1. The fourth-order valence-corrected chi connectivity index (χ4v) is 2.72. The molecule has 0 aliphatic carbocycles. The number of nitrogens with zero attached hydrogens (tertiary/aromatic N) is 1. The minimum Gasteiger partial charge on any atom is -0.297 e. The molecule has 2 rings (SSSR count). The molecule has 1 heterocycles. The van der Waals surface area contributed by atoms with Crippen LogP contribution in [0.4, 0.5) is 0 Å². The molecule has 16 heavy (non-hydrogen) atoms. The second-order valence-electron chi connectivity index (χ2n) is 4.92. The van der Waals surface area contributed by atoms with E-state index in [0.29, 0.717) is 6.04 Å². The van der Waals surface area contributed by atoms with E-state index in [1.54, 1.807) is 0 Å². The second kappa shape index (κ2) is 5.20. The van der Waals surface area contributed by atoms with Crippen molar-refractivity contribution in [3.8, 4) is 0 Å². The largest absolute Gasteiger partial charge is 0.297 e. The quantitative estimate of drug-likeness (QED) is 0.748. The van der Waals surface area contributed by atoms with Crippen molar-refractivity contribution in [2.24, 2.45) is 5.92 Å². The van der Waals surface area contributed by atoms with Gasteiger partial charge in [0.2, 0.25) is 0 Å². The minimum absolute atomic E-state index is 0.446. The van der Waals surface area contributed by atoms with Gasteiger partial charge in [-0.1, -0.05) is 36.7 Å². The third-order valence-corrected chi connectivity index (χ3v) is 4.07. The van der Waals surface area contributed by atoms with Gasteiger partial charge in [0.25, 0.3) is 0 Å². The third-order valence-electron chi connectivity index (χ3n) is 3.72. The molecule has 0 bridgehead atoms. The Bertz CT molecular complexity index is 342. The second-order valence-corrected chi connectivity index (χ2v) is 5.32. The van der Waals surface area contributed by atoms with Crippen molar-refractivity contribution in [2.75, 3.05) is 13.1 Å². The fourth-order valence-electron chi connectivity index (χ4n) is 2.43. The molecule has 1 fully saturated rings. The summed E-state index contributed by atoms with van der Waals surface area (Å²) in [6.45, 7) is 7.01. The van der Waals surface area contributed by atoms with Crippen molar-refractivity contribution in [3.63, 3.8) is 0 Å². The SMILES string of the molecule is CC1CCN(C(C)c2ccccc2Cl)CC1. The standard InChI is InChI=1S/C14H20ClN/c1-11-7-9-16(10-8-11)12(2)13-5-3-4-6-14(13)15/h3-6,11-12H,7-10H2,1-2H3. The number of rotatable bonds is 2. The van der Waals surface area contributed by atoms with Crippen LogP contribution in [0.5, 0.6) is 0 Å². The highest BCUT2D eigenvalue weighted by Gasteiger charge is 2.22. The van der Waals surface area contributed by atoms with Gasteiger partial charge in [0.1, 0.15) is 0 Å². The van der Waals surface area contributed by atoms with Crippen molar-refractivity contribution in [1.82, 2.24) is 4.90 Å². The van der Waals surface area contributed by atoms with E-state index in [9.17, 15) is 0 Å². The minimum atomic E-state index is 0.446. The summed E-state index contributed by atoms with van der Waals surface area (Å²) in [6, 6.07) is 8.65. The summed E-state index contributed by atoms with van der Waals surface area (Å²) in [5.74, 6) is 0.884. The van der Waals surface area contributed by atoms with Gasteiger partial charge in [-0.2, -0.15) is 0 Å². The van der Waals surface area contributed by atoms with Gasteiger partial charge in [0, 0.05) is 11.1 Å². The molecule has 88 valence electrons. The first-order valence-electron chi connectivity index (χ1n) is 6.17. The predicted molar refractivity (Wildman–Crippen MR) is 69.8 cm³/mol. The molecular weight excluding hydrogens is 218 g/mol. The predicted octanol–water partition coefficient (Wildman–Crippen LogP) is 4.13. The molecule has 1 aromatic carbocycles. The molecule has 1 aliphatic rings. The Morgan fingerprint density at radius 1 is 1.25 bits per heavy atom. The van der Waals surface area contributed by atoms with Crippen molar-refractivity contribution < 1.29 is 0 Å². The Kier molecular flexibility index (Phi) is 3.88. The fraction of sp³-hybridized carbons (Fsp3) is 0.571. The molecule has 1 nitrogen and oxygen atoms in total. The highest BCUT2D eigenvalue weighted by Crippen LogP contribution is 2.30. The molecule has 1 aromatic rings. The van der Waals surface area contributed by atoms with Crippen molar-refractivity contribution >= 4 is 11.6 Å². The molecule has 0 spiro atoms. The lowest BCUT2D eigenvalue weighted by Gasteiger charge is -2.35. The summed E-state index contributed by atoms with van der Waals surface area (Å²) in [5.41, 5.74) is 1.26. The summed E-state index contributed by atoms with van der Waals surface area (Å²) >= 11 is 6.24. The first kappa shape index (κ1) is 11.9. The maximum Gasteiger partial charge on any atom is 0.0453 e. The molecule has 0 amide bonds. The van der Waals surface area contributed by atoms with Gasteiger partial charge in [-0.25, -0.2) is 0 Å². The maximum atomic E-state index is 6.24. The van der Waals surface area contributed by atoms with E-state index in [0.717, 1.165) is 10.9 Å². The number of benzene rings is 1. The monoisotopic (exact) mass is 237 g/mol. The average molecular weight is 238 g/mol. The highest BCUT2D eigenvalue weighted by atomic mass is 35.5. The Hall–Kier alpha value is -0.530. The van der Waals surface area contributed by atoms with Crippen LogP contribution >= 0.6 is 11.6 Å². The molecule has 0 radical (unpaired) electrons.